The maximum absolute atomic E-state index is 12.8. The number of carboxylic acids is 2. The number of carboxylic acid groups (broad SMARTS) is 2. The van der Waals surface area contributed by atoms with Crippen LogP contribution in [-0.4, -0.2) is 93.5 Å². The summed E-state index contributed by atoms with van der Waals surface area (Å²) >= 11 is 3.92. The van der Waals surface area contributed by atoms with Crippen molar-refractivity contribution in [2.45, 2.75) is 62.9 Å². The fraction of sp³-hybridized carbons (Fsp3) is 0.667. The summed E-state index contributed by atoms with van der Waals surface area (Å²) < 4.78 is 0. The van der Waals surface area contributed by atoms with Gasteiger partial charge in [-0.1, -0.05) is 0 Å². The van der Waals surface area contributed by atoms with E-state index in [0.717, 1.165) is 0 Å². The number of nitrogens with one attached hydrogen (secondary N) is 3. The molecule has 0 heterocycles. The van der Waals surface area contributed by atoms with Crippen LogP contribution in [0.1, 0.15) is 32.6 Å². The number of carbonyl (C=O) groups excluding carboxylic acids is 3. The van der Waals surface area contributed by atoms with Crippen LogP contribution >= 0.6 is 12.6 Å². The maximum atomic E-state index is 12.8. The molecule has 5 unspecified atom stereocenters. The number of nitrogens with two attached hydrogens (primary N) is 3. The normalized spacial score (nSPS) is 15.1. The van der Waals surface area contributed by atoms with Crippen molar-refractivity contribution in [3.8, 4) is 0 Å². The summed E-state index contributed by atoms with van der Waals surface area (Å²) in [6.07, 6.45) is -2.11. The Morgan fingerprint density at radius 1 is 0.941 bits per heavy atom. The minimum Gasteiger partial charge on any atom is -0.481 e. The molecule has 16 heteroatoms. The van der Waals surface area contributed by atoms with Gasteiger partial charge in [0.05, 0.1) is 12.1 Å². The molecule has 3 amide bonds. The van der Waals surface area contributed by atoms with Gasteiger partial charge < -0.3 is 48.5 Å². The zero-order valence-electron chi connectivity index (χ0n) is 18.6. The number of rotatable bonds is 16. The minimum absolute atomic E-state index is 0.000201. The van der Waals surface area contributed by atoms with E-state index in [1.165, 1.54) is 6.92 Å². The number of amides is 3. The molecule has 0 spiro atoms. The van der Waals surface area contributed by atoms with Gasteiger partial charge in [0.2, 0.25) is 17.7 Å². The van der Waals surface area contributed by atoms with Crippen molar-refractivity contribution in [3.63, 3.8) is 0 Å². The van der Waals surface area contributed by atoms with Gasteiger partial charge in [0.1, 0.15) is 18.1 Å². The standard InChI is InChI=1S/C18H33N7O8S/c1-8(26)13(16(31)24-11(17(32)33)4-5-12(27)28)25-15(30)10(3-2-6-22-18(20)21)23-14(29)9(19)7-34/h8-11,13,26,34H,2-7,19H2,1H3,(H,23,29)(H,24,31)(H,25,30)(H,27,28)(H,32,33)(H4,20,21,22). The highest BCUT2D eigenvalue weighted by Gasteiger charge is 2.32. The van der Waals surface area contributed by atoms with E-state index >= 15 is 0 Å². The minimum atomic E-state index is -1.60. The van der Waals surface area contributed by atoms with Gasteiger partial charge in [0.25, 0.3) is 0 Å². The summed E-state index contributed by atoms with van der Waals surface area (Å²) in [5, 5.41) is 34.7. The van der Waals surface area contributed by atoms with Crippen molar-refractivity contribution in [2.75, 3.05) is 12.3 Å². The van der Waals surface area contributed by atoms with Gasteiger partial charge in [-0.05, 0) is 26.2 Å². The van der Waals surface area contributed by atoms with Crippen LogP contribution in [0.5, 0.6) is 0 Å². The lowest BCUT2D eigenvalue weighted by Gasteiger charge is -2.26. The maximum Gasteiger partial charge on any atom is 0.326 e. The van der Waals surface area contributed by atoms with E-state index in [1.807, 2.05) is 0 Å². The predicted octanol–water partition coefficient (Wildman–Crippen LogP) is -3.92. The number of aliphatic imine (C=N–C) groups is 1. The first-order valence-corrected chi connectivity index (χ1v) is 10.9. The smallest absolute Gasteiger partial charge is 0.326 e. The van der Waals surface area contributed by atoms with Gasteiger partial charge in [-0.3, -0.25) is 24.2 Å². The number of aliphatic hydroxyl groups excluding tert-OH is 1. The zero-order chi connectivity index (χ0) is 26.4. The quantitative estimate of drug-likeness (QED) is 0.0417. The first-order valence-electron chi connectivity index (χ1n) is 10.3. The second kappa shape index (κ2) is 15.7. The molecule has 12 N–H and O–H groups in total. The average molecular weight is 508 g/mol. The summed E-state index contributed by atoms with van der Waals surface area (Å²) in [6, 6.07) is -5.37. The Morgan fingerprint density at radius 2 is 1.53 bits per heavy atom. The van der Waals surface area contributed by atoms with Gasteiger partial charge in [-0.2, -0.15) is 12.6 Å². The molecule has 0 aliphatic carbocycles. The molecule has 0 fully saturated rings. The molecule has 0 saturated carbocycles. The summed E-state index contributed by atoms with van der Waals surface area (Å²) in [5.41, 5.74) is 16.1. The molecule has 5 atom stereocenters. The molecule has 0 aromatic carbocycles. The summed E-state index contributed by atoms with van der Waals surface area (Å²) in [7, 11) is 0. The van der Waals surface area contributed by atoms with E-state index in [9.17, 15) is 34.2 Å². The van der Waals surface area contributed by atoms with Gasteiger partial charge in [0, 0.05) is 18.7 Å². The highest BCUT2D eigenvalue weighted by molar-refractivity contribution is 7.80. The number of carbonyl (C=O) groups is 5. The predicted molar refractivity (Wildman–Crippen MR) is 124 cm³/mol. The van der Waals surface area contributed by atoms with E-state index in [0.29, 0.717) is 0 Å². The van der Waals surface area contributed by atoms with Gasteiger partial charge in [-0.25, -0.2) is 4.79 Å². The number of guanidine groups is 1. The molecule has 194 valence electrons. The molecule has 0 aromatic heterocycles. The van der Waals surface area contributed by atoms with E-state index < -0.39 is 72.8 Å². The number of hydrogen-bond donors (Lipinski definition) is 10. The number of thiol groups is 1. The van der Waals surface area contributed by atoms with Crippen molar-refractivity contribution in [1.82, 2.24) is 16.0 Å². The van der Waals surface area contributed by atoms with Crippen LogP contribution in [0, 0.1) is 0 Å². The zero-order valence-corrected chi connectivity index (χ0v) is 19.5. The molecule has 0 aliphatic rings. The molecule has 34 heavy (non-hydrogen) atoms. The summed E-state index contributed by atoms with van der Waals surface area (Å²) in [6.45, 7) is 1.32. The van der Waals surface area contributed by atoms with Crippen molar-refractivity contribution < 1.29 is 39.3 Å². The van der Waals surface area contributed by atoms with E-state index in [-0.39, 0.29) is 31.1 Å². The Labute approximate surface area is 201 Å². The molecular formula is C18H33N7O8S. The van der Waals surface area contributed by atoms with Gasteiger partial charge >= 0.3 is 11.9 Å². The Balaban J connectivity index is 5.45. The third-order valence-corrected chi connectivity index (χ3v) is 4.83. The fourth-order valence-corrected chi connectivity index (χ4v) is 2.75. The Morgan fingerprint density at radius 3 is 2.00 bits per heavy atom. The Kier molecular flexibility index (Phi) is 14.2. The van der Waals surface area contributed by atoms with Crippen LogP contribution in [0.3, 0.4) is 0 Å². The van der Waals surface area contributed by atoms with Gasteiger partial charge in [-0.15, -0.1) is 0 Å². The highest BCUT2D eigenvalue weighted by Crippen LogP contribution is 2.04. The molecule has 0 saturated heterocycles. The molecule has 0 radical (unpaired) electrons. The van der Waals surface area contributed by atoms with Crippen LogP contribution in [0.25, 0.3) is 0 Å². The van der Waals surface area contributed by atoms with Gasteiger partial charge in [0.15, 0.2) is 5.96 Å². The highest BCUT2D eigenvalue weighted by atomic mass is 32.1. The number of hydrogen-bond acceptors (Lipinski definition) is 9. The van der Waals surface area contributed by atoms with Crippen LogP contribution in [0.4, 0.5) is 0 Å². The first-order chi connectivity index (χ1) is 15.8. The molecule has 0 bridgehead atoms. The number of nitrogens with zero attached hydrogens (tertiary/aromatic N) is 1. The monoisotopic (exact) mass is 507 g/mol. The molecule has 0 aromatic rings. The third kappa shape index (κ3) is 12.2. The Bertz CT molecular complexity index is 761. The van der Waals surface area contributed by atoms with E-state index in [2.05, 4.69) is 33.6 Å². The topological polar surface area (TPSA) is 273 Å². The first kappa shape index (κ1) is 30.9. The van der Waals surface area contributed by atoms with Crippen LogP contribution < -0.4 is 33.2 Å². The molecule has 0 aliphatic heterocycles. The van der Waals surface area contributed by atoms with Crippen molar-refractivity contribution in [3.05, 3.63) is 0 Å². The average Bonchev–Trinajstić information content (AvgIpc) is 2.74. The SMILES string of the molecule is CC(O)C(NC(=O)C(CCCN=C(N)N)NC(=O)C(N)CS)C(=O)NC(CCC(=O)O)C(=O)O. The lowest BCUT2D eigenvalue weighted by atomic mass is 10.1. The summed E-state index contributed by atoms with van der Waals surface area (Å²) in [5.74, 6) is -5.52. The van der Waals surface area contributed by atoms with Crippen molar-refractivity contribution in [1.29, 1.82) is 0 Å². The summed E-state index contributed by atoms with van der Waals surface area (Å²) in [4.78, 5) is 63.3. The molecular weight excluding hydrogens is 474 g/mol. The van der Waals surface area contributed by atoms with Crippen LogP contribution in [0.2, 0.25) is 0 Å². The fourth-order valence-electron chi connectivity index (χ4n) is 2.58. The second-order valence-electron chi connectivity index (χ2n) is 7.36. The van der Waals surface area contributed by atoms with Crippen LogP contribution in [-0.2, 0) is 24.0 Å². The largest absolute Gasteiger partial charge is 0.481 e. The molecule has 0 rings (SSSR count). The lowest BCUT2D eigenvalue weighted by molar-refractivity contribution is -0.144. The number of aliphatic hydroxyl groups is 1. The number of aliphatic carboxylic acids is 2. The van der Waals surface area contributed by atoms with Crippen molar-refractivity contribution >= 4 is 48.2 Å². The van der Waals surface area contributed by atoms with Crippen LogP contribution in [0.15, 0.2) is 4.99 Å². The lowest BCUT2D eigenvalue weighted by Crippen LogP contribution is -2.60. The third-order valence-electron chi connectivity index (χ3n) is 4.44. The van der Waals surface area contributed by atoms with Crippen molar-refractivity contribution in [2.24, 2.45) is 22.2 Å². The van der Waals surface area contributed by atoms with E-state index in [4.69, 9.17) is 22.3 Å². The Hall–Kier alpha value is -3.11. The van der Waals surface area contributed by atoms with E-state index in [1.54, 1.807) is 0 Å². The molecule has 15 nitrogen and oxygen atoms in total. The second-order valence-corrected chi connectivity index (χ2v) is 7.72.